The Bertz CT molecular complexity index is 502. The molecule has 0 amide bonds. The number of hydrogen-bond acceptors (Lipinski definition) is 6. The van der Waals surface area contributed by atoms with Gasteiger partial charge in [-0.1, -0.05) is 5.21 Å². The molecule has 1 fully saturated rings. The summed E-state index contributed by atoms with van der Waals surface area (Å²) >= 11 is 1.65. The lowest BCUT2D eigenvalue weighted by Crippen LogP contribution is -2.36. The molecule has 0 atom stereocenters. The Balaban J connectivity index is 1.85. The van der Waals surface area contributed by atoms with Gasteiger partial charge in [-0.2, -0.15) is 0 Å². The van der Waals surface area contributed by atoms with Crippen molar-refractivity contribution in [1.29, 1.82) is 0 Å². The average molecular weight is 251 g/mol. The summed E-state index contributed by atoms with van der Waals surface area (Å²) in [6.07, 6.45) is 1.73. The Morgan fingerprint density at radius 1 is 1.35 bits per heavy atom. The number of nitrogens with zero attached hydrogens (tertiary/aromatic N) is 5. The van der Waals surface area contributed by atoms with E-state index in [0.717, 1.165) is 42.8 Å². The maximum Gasteiger partial charge on any atom is 0.186 e. The van der Waals surface area contributed by atoms with Crippen molar-refractivity contribution in [3.8, 4) is 11.4 Å². The predicted molar refractivity (Wildman–Crippen MR) is 65.1 cm³/mol. The zero-order chi connectivity index (χ0) is 11.7. The third-order valence-corrected chi connectivity index (χ3v) is 3.65. The van der Waals surface area contributed by atoms with Gasteiger partial charge in [0, 0.05) is 25.5 Å². The van der Waals surface area contributed by atoms with Crippen molar-refractivity contribution in [2.75, 3.05) is 31.2 Å². The van der Waals surface area contributed by atoms with Crippen LogP contribution in [0.2, 0.25) is 0 Å². The van der Waals surface area contributed by atoms with Gasteiger partial charge >= 0.3 is 0 Å². The van der Waals surface area contributed by atoms with Crippen LogP contribution in [0.5, 0.6) is 0 Å². The van der Waals surface area contributed by atoms with E-state index in [1.807, 2.05) is 12.4 Å². The molecular weight excluding hydrogens is 238 g/mol. The van der Waals surface area contributed by atoms with E-state index in [2.05, 4.69) is 20.2 Å². The second kappa shape index (κ2) is 4.42. The standard InChI is InChI=1S/C10H13N5OS/c1-14-9(6-11-13-14)8-7-17-10(12-8)15-2-4-16-5-3-15/h6-7H,2-5H2,1H3. The minimum Gasteiger partial charge on any atom is -0.378 e. The molecule has 0 radical (unpaired) electrons. The van der Waals surface area contributed by atoms with Crippen LogP contribution in [0.25, 0.3) is 11.4 Å². The number of morpholine rings is 1. The highest BCUT2D eigenvalue weighted by molar-refractivity contribution is 7.14. The first-order valence-corrected chi connectivity index (χ1v) is 6.36. The van der Waals surface area contributed by atoms with Crippen molar-refractivity contribution in [3.05, 3.63) is 11.6 Å². The van der Waals surface area contributed by atoms with Gasteiger partial charge in [-0.25, -0.2) is 9.67 Å². The number of rotatable bonds is 2. The van der Waals surface area contributed by atoms with Gasteiger partial charge in [0.05, 0.1) is 19.4 Å². The van der Waals surface area contributed by atoms with Crippen molar-refractivity contribution < 1.29 is 4.74 Å². The average Bonchev–Trinajstić information content (AvgIpc) is 2.98. The minimum atomic E-state index is 0.780. The van der Waals surface area contributed by atoms with Crippen LogP contribution in [-0.4, -0.2) is 46.3 Å². The molecule has 0 aliphatic carbocycles. The number of thiazole rings is 1. The van der Waals surface area contributed by atoms with Crippen LogP contribution in [0.4, 0.5) is 5.13 Å². The summed E-state index contributed by atoms with van der Waals surface area (Å²) in [5.41, 5.74) is 1.88. The van der Waals surface area contributed by atoms with Crippen molar-refractivity contribution in [2.24, 2.45) is 7.05 Å². The Morgan fingerprint density at radius 2 is 2.18 bits per heavy atom. The lowest BCUT2D eigenvalue weighted by Gasteiger charge is -2.25. The third-order valence-electron chi connectivity index (χ3n) is 2.75. The van der Waals surface area contributed by atoms with Gasteiger partial charge in [0.25, 0.3) is 0 Å². The van der Waals surface area contributed by atoms with Gasteiger partial charge in [0.2, 0.25) is 0 Å². The molecule has 17 heavy (non-hydrogen) atoms. The number of aromatic nitrogens is 4. The molecule has 6 nitrogen and oxygen atoms in total. The molecule has 0 saturated carbocycles. The Labute approximate surface area is 103 Å². The highest BCUT2D eigenvalue weighted by Crippen LogP contribution is 2.26. The lowest BCUT2D eigenvalue weighted by molar-refractivity contribution is 0.122. The summed E-state index contributed by atoms with van der Waals surface area (Å²) in [6.45, 7) is 3.39. The molecule has 2 aromatic rings. The molecule has 2 aromatic heterocycles. The number of aryl methyl sites for hydroxylation is 1. The molecule has 90 valence electrons. The van der Waals surface area contributed by atoms with E-state index in [-0.39, 0.29) is 0 Å². The minimum absolute atomic E-state index is 0.780. The van der Waals surface area contributed by atoms with Crippen LogP contribution in [0.15, 0.2) is 11.6 Å². The Hall–Kier alpha value is -1.47. The molecule has 3 heterocycles. The molecule has 1 saturated heterocycles. The fourth-order valence-electron chi connectivity index (χ4n) is 1.80. The van der Waals surface area contributed by atoms with Crippen LogP contribution < -0.4 is 4.90 Å². The first-order chi connectivity index (χ1) is 8.34. The van der Waals surface area contributed by atoms with Gasteiger partial charge in [0.15, 0.2) is 5.13 Å². The molecule has 3 rings (SSSR count). The van der Waals surface area contributed by atoms with Crippen molar-refractivity contribution >= 4 is 16.5 Å². The highest BCUT2D eigenvalue weighted by atomic mass is 32.1. The maximum absolute atomic E-state index is 5.33. The molecule has 0 spiro atoms. The molecule has 0 aromatic carbocycles. The SMILES string of the molecule is Cn1nncc1-c1csc(N2CCOCC2)n1. The van der Waals surface area contributed by atoms with E-state index in [1.165, 1.54) is 0 Å². The normalized spacial score (nSPS) is 16.4. The largest absolute Gasteiger partial charge is 0.378 e. The second-order valence-corrected chi connectivity index (χ2v) is 4.69. The van der Waals surface area contributed by atoms with Gasteiger partial charge in [-0.3, -0.25) is 0 Å². The zero-order valence-electron chi connectivity index (χ0n) is 9.54. The molecular formula is C10H13N5OS. The van der Waals surface area contributed by atoms with Gasteiger partial charge < -0.3 is 9.64 Å². The fraction of sp³-hybridized carbons (Fsp3) is 0.500. The smallest absolute Gasteiger partial charge is 0.186 e. The Morgan fingerprint density at radius 3 is 2.88 bits per heavy atom. The van der Waals surface area contributed by atoms with Crippen LogP contribution in [0.3, 0.4) is 0 Å². The van der Waals surface area contributed by atoms with E-state index in [1.54, 1.807) is 22.2 Å². The number of hydrogen-bond donors (Lipinski definition) is 0. The van der Waals surface area contributed by atoms with Gasteiger partial charge in [-0.15, -0.1) is 16.4 Å². The quantitative estimate of drug-likeness (QED) is 0.789. The maximum atomic E-state index is 5.33. The van der Waals surface area contributed by atoms with E-state index >= 15 is 0 Å². The fourth-order valence-corrected chi connectivity index (χ4v) is 2.68. The van der Waals surface area contributed by atoms with E-state index < -0.39 is 0 Å². The van der Waals surface area contributed by atoms with Crippen molar-refractivity contribution in [3.63, 3.8) is 0 Å². The molecule has 0 N–H and O–H groups in total. The summed E-state index contributed by atoms with van der Waals surface area (Å²) < 4.78 is 7.06. The van der Waals surface area contributed by atoms with Gasteiger partial charge in [0.1, 0.15) is 11.4 Å². The summed E-state index contributed by atoms with van der Waals surface area (Å²) in [6, 6.07) is 0. The second-order valence-electron chi connectivity index (χ2n) is 3.86. The number of anilines is 1. The molecule has 1 aliphatic heterocycles. The summed E-state index contributed by atoms with van der Waals surface area (Å²) in [5, 5.41) is 10.9. The molecule has 0 unspecified atom stereocenters. The van der Waals surface area contributed by atoms with E-state index in [9.17, 15) is 0 Å². The highest BCUT2D eigenvalue weighted by Gasteiger charge is 2.16. The summed E-state index contributed by atoms with van der Waals surface area (Å²) in [4.78, 5) is 6.88. The van der Waals surface area contributed by atoms with Crippen LogP contribution >= 0.6 is 11.3 Å². The van der Waals surface area contributed by atoms with Gasteiger partial charge in [-0.05, 0) is 0 Å². The van der Waals surface area contributed by atoms with E-state index in [0.29, 0.717) is 0 Å². The summed E-state index contributed by atoms with van der Waals surface area (Å²) in [5.74, 6) is 0. The predicted octanol–water partition coefficient (Wildman–Crippen LogP) is 0.775. The topological polar surface area (TPSA) is 56.1 Å². The summed E-state index contributed by atoms with van der Waals surface area (Å²) in [7, 11) is 1.87. The molecule has 0 bridgehead atoms. The van der Waals surface area contributed by atoms with E-state index in [4.69, 9.17) is 4.74 Å². The molecule has 7 heteroatoms. The lowest BCUT2D eigenvalue weighted by atomic mass is 10.4. The van der Waals surface area contributed by atoms with Crippen molar-refractivity contribution in [1.82, 2.24) is 20.0 Å². The monoisotopic (exact) mass is 251 g/mol. The van der Waals surface area contributed by atoms with Crippen molar-refractivity contribution in [2.45, 2.75) is 0 Å². The zero-order valence-corrected chi connectivity index (χ0v) is 10.4. The Kier molecular flexibility index (Phi) is 2.77. The van der Waals surface area contributed by atoms with Crippen LogP contribution in [0, 0.1) is 0 Å². The molecule has 1 aliphatic rings. The van der Waals surface area contributed by atoms with Crippen LogP contribution in [0.1, 0.15) is 0 Å². The third kappa shape index (κ3) is 2.03. The first-order valence-electron chi connectivity index (χ1n) is 5.48. The van der Waals surface area contributed by atoms with Crippen LogP contribution in [-0.2, 0) is 11.8 Å². The first kappa shape index (κ1) is 10.7. The number of ether oxygens (including phenoxy) is 1.